The topological polar surface area (TPSA) is 46.8 Å². The third kappa shape index (κ3) is 2.86. The maximum Gasteiger partial charge on any atom is 0.314 e. The van der Waals surface area contributed by atoms with Crippen LogP contribution >= 0.6 is 11.3 Å². The van der Waals surface area contributed by atoms with Gasteiger partial charge in [0.2, 0.25) is 0 Å². The van der Waals surface area contributed by atoms with Crippen LogP contribution in [0.15, 0.2) is 6.20 Å². The van der Waals surface area contributed by atoms with Gasteiger partial charge in [0, 0.05) is 11.4 Å². The molecule has 4 rings (SSSR count). The predicted octanol–water partition coefficient (Wildman–Crippen LogP) is 3.36. The number of aromatic nitrogens is 2. The highest BCUT2D eigenvalue weighted by Gasteiger charge is 2.33. The van der Waals surface area contributed by atoms with E-state index in [0.29, 0.717) is 6.61 Å². The quantitative estimate of drug-likeness (QED) is 0.796. The molecule has 1 fully saturated rings. The number of hydrogen-bond acceptors (Lipinski definition) is 5. The maximum atomic E-state index is 12.5. The zero-order valence-corrected chi connectivity index (χ0v) is 15.1. The maximum absolute atomic E-state index is 12.5. The highest BCUT2D eigenvalue weighted by Crippen LogP contribution is 2.38. The Morgan fingerprint density at radius 3 is 2.96 bits per heavy atom. The number of ether oxygens (including phenoxy) is 1. The number of likely N-dealkylation sites (tertiary alicyclic amines) is 1. The summed E-state index contributed by atoms with van der Waals surface area (Å²) in [6.45, 7) is 5.59. The predicted molar refractivity (Wildman–Crippen MR) is 94.5 cm³/mol. The van der Waals surface area contributed by atoms with Gasteiger partial charge >= 0.3 is 5.97 Å². The lowest BCUT2D eigenvalue weighted by Crippen LogP contribution is -2.30. The van der Waals surface area contributed by atoms with Crippen molar-refractivity contribution in [3.05, 3.63) is 22.5 Å². The van der Waals surface area contributed by atoms with Crippen molar-refractivity contribution in [3.63, 3.8) is 0 Å². The highest BCUT2D eigenvalue weighted by molar-refractivity contribution is 7.17. The Kier molecular flexibility index (Phi) is 4.59. The van der Waals surface area contributed by atoms with E-state index in [2.05, 4.69) is 14.3 Å². The van der Waals surface area contributed by atoms with E-state index in [-0.39, 0.29) is 11.9 Å². The Morgan fingerprint density at radius 2 is 2.17 bits per heavy atom. The summed E-state index contributed by atoms with van der Waals surface area (Å²) in [5.41, 5.74) is 2.38. The molecule has 1 aliphatic heterocycles. The first-order chi connectivity index (χ1) is 11.8. The molecule has 130 valence electrons. The molecule has 0 amide bonds. The molecule has 0 radical (unpaired) electrons. The van der Waals surface area contributed by atoms with Gasteiger partial charge in [0.25, 0.3) is 0 Å². The third-order valence-electron chi connectivity index (χ3n) is 5.18. The minimum atomic E-state index is -0.128. The van der Waals surface area contributed by atoms with E-state index in [0.717, 1.165) is 36.5 Å². The van der Waals surface area contributed by atoms with E-state index in [1.54, 1.807) is 11.3 Å². The molecule has 0 bridgehead atoms. The Labute approximate surface area is 146 Å². The standard InChI is InChI=1S/C18H25N3O2S/c1-2-23-17(22)14-7-6-8-15-16(14)21-13(11-19-18(21)24-15)12-20-9-4-3-5-10-20/h11,14H,2-10,12H2,1H3. The van der Waals surface area contributed by atoms with Crippen molar-refractivity contribution in [3.8, 4) is 0 Å². The van der Waals surface area contributed by atoms with E-state index in [4.69, 9.17) is 4.74 Å². The van der Waals surface area contributed by atoms with Gasteiger partial charge in [-0.3, -0.25) is 14.1 Å². The fourth-order valence-corrected chi connectivity index (χ4v) is 5.27. The van der Waals surface area contributed by atoms with Crippen LogP contribution in [-0.4, -0.2) is 40.0 Å². The number of aryl methyl sites for hydroxylation is 1. The number of carbonyl (C=O) groups is 1. The first-order valence-electron chi connectivity index (χ1n) is 9.14. The molecular formula is C18H25N3O2S. The SMILES string of the molecule is CCOC(=O)C1CCCc2sc3ncc(CN4CCCCC4)n3c21. The summed E-state index contributed by atoms with van der Waals surface area (Å²) in [5, 5.41) is 0. The zero-order chi connectivity index (χ0) is 16.5. The van der Waals surface area contributed by atoms with Crippen LogP contribution in [-0.2, 0) is 22.5 Å². The van der Waals surface area contributed by atoms with E-state index < -0.39 is 0 Å². The second kappa shape index (κ2) is 6.84. The number of fused-ring (bicyclic) bond motifs is 3. The lowest BCUT2D eigenvalue weighted by molar-refractivity contribution is -0.145. The molecule has 24 heavy (non-hydrogen) atoms. The smallest absolute Gasteiger partial charge is 0.314 e. The molecule has 0 aromatic carbocycles. The monoisotopic (exact) mass is 347 g/mol. The first-order valence-corrected chi connectivity index (χ1v) is 9.96. The molecule has 0 spiro atoms. The molecule has 0 N–H and O–H groups in total. The van der Waals surface area contributed by atoms with Crippen molar-refractivity contribution in [2.24, 2.45) is 0 Å². The number of nitrogens with zero attached hydrogens (tertiary/aromatic N) is 3. The van der Waals surface area contributed by atoms with Gasteiger partial charge in [-0.1, -0.05) is 6.42 Å². The Balaban J connectivity index is 1.69. The van der Waals surface area contributed by atoms with Crippen molar-refractivity contribution in [2.75, 3.05) is 19.7 Å². The molecule has 2 aromatic heterocycles. The van der Waals surface area contributed by atoms with Gasteiger partial charge in [-0.05, 0) is 52.1 Å². The van der Waals surface area contributed by atoms with E-state index >= 15 is 0 Å². The van der Waals surface area contributed by atoms with Gasteiger partial charge in [-0.15, -0.1) is 11.3 Å². The summed E-state index contributed by atoms with van der Waals surface area (Å²) in [6.07, 6.45) is 8.92. The molecule has 1 aliphatic carbocycles. The molecule has 0 saturated carbocycles. The van der Waals surface area contributed by atoms with Crippen molar-refractivity contribution in [2.45, 2.75) is 57.9 Å². The minimum absolute atomic E-state index is 0.0734. The van der Waals surface area contributed by atoms with Crippen LogP contribution in [0.2, 0.25) is 0 Å². The van der Waals surface area contributed by atoms with Crippen LogP contribution in [0.4, 0.5) is 0 Å². The summed E-state index contributed by atoms with van der Waals surface area (Å²) in [4.78, 5) is 22.0. The largest absolute Gasteiger partial charge is 0.465 e. The van der Waals surface area contributed by atoms with Crippen LogP contribution < -0.4 is 0 Å². The van der Waals surface area contributed by atoms with Gasteiger partial charge in [0.15, 0.2) is 4.96 Å². The molecule has 1 saturated heterocycles. The van der Waals surface area contributed by atoms with Crippen LogP contribution in [0.1, 0.15) is 61.2 Å². The molecule has 1 unspecified atom stereocenters. The molecule has 3 heterocycles. The number of esters is 1. The van der Waals surface area contributed by atoms with Gasteiger partial charge in [0.05, 0.1) is 30.1 Å². The second-order valence-electron chi connectivity index (χ2n) is 6.81. The van der Waals surface area contributed by atoms with Crippen molar-refractivity contribution >= 4 is 22.3 Å². The fourth-order valence-electron chi connectivity index (χ4n) is 4.05. The molecule has 2 aliphatic rings. The van der Waals surface area contributed by atoms with Crippen LogP contribution in [0.3, 0.4) is 0 Å². The highest BCUT2D eigenvalue weighted by atomic mass is 32.1. The second-order valence-corrected chi connectivity index (χ2v) is 7.87. The van der Waals surface area contributed by atoms with Crippen molar-refractivity contribution < 1.29 is 9.53 Å². The van der Waals surface area contributed by atoms with Crippen LogP contribution in [0.25, 0.3) is 4.96 Å². The van der Waals surface area contributed by atoms with Gasteiger partial charge < -0.3 is 4.74 Å². The normalized spacial score (nSPS) is 21.8. The van der Waals surface area contributed by atoms with Crippen LogP contribution in [0, 0.1) is 0 Å². The summed E-state index contributed by atoms with van der Waals surface area (Å²) >= 11 is 1.75. The zero-order valence-electron chi connectivity index (χ0n) is 14.3. The molecule has 5 nitrogen and oxygen atoms in total. The molecule has 6 heteroatoms. The van der Waals surface area contributed by atoms with Gasteiger partial charge in [0.1, 0.15) is 0 Å². The molecule has 2 aromatic rings. The number of piperidine rings is 1. The summed E-state index contributed by atoms with van der Waals surface area (Å²) in [5.74, 6) is -0.201. The van der Waals surface area contributed by atoms with Gasteiger partial charge in [-0.25, -0.2) is 4.98 Å². The fraction of sp³-hybridized carbons (Fsp3) is 0.667. The first kappa shape index (κ1) is 16.1. The number of imidazole rings is 1. The molecular weight excluding hydrogens is 322 g/mol. The summed E-state index contributed by atoms with van der Waals surface area (Å²) in [7, 11) is 0. The average molecular weight is 347 g/mol. The van der Waals surface area contributed by atoms with Crippen LogP contribution in [0.5, 0.6) is 0 Å². The number of hydrogen-bond donors (Lipinski definition) is 0. The number of carbonyl (C=O) groups excluding carboxylic acids is 1. The Bertz CT molecular complexity index is 730. The minimum Gasteiger partial charge on any atom is -0.465 e. The van der Waals surface area contributed by atoms with Crippen molar-refractivity contribution in [1.29, 1.82) is 0 Å². The van der Waals surface area contributed by atoms with E-state index in [9.17, 15) is 4.79 Å². The third-order valence-corrected chi connectivity index (χ3v) is 6.31. The summed E-state index contributed by atoms with van der Waals surface area (Å²) < 4.78 is 7.60. The van der Waals surface area contributed by atoms with E-state index in [1.807, 2.05) is 13.1 Å². The Morgan fingerprint density at radius 1 is 1.33 bits per heavy atom. The Hall–Kier alpha value is -1.40. The number of rotatable bonds is 4. The lowest BCUT2D eigenvalue weighted by Gasteiger charge is -2.27. The summed E-state index contributed by atoms with van der Waals surface area (Å²) in [6, 6.07) is 0. The number of thiazole rings is 1. The van der Waals surface area contributed by atoms with E-state index in [1.165, 1.54) is 42.9 Å². The van der Waals surface area contributed by atoms with Crippen molar-refractivity contribution in [1.82, 2.24) is 14.3 Å². The molecule has 1 atom stereocenters. The van der Waals surface area contributed by atoms with Gasteiger partial charge in [-0.2, -0.15) is 0 Å². The average Bonchev–Trinajstić information content (AvgIpc) is 3.15. The lowest BCUT2D eigenvalue weighted by atomic mass is 9.91.